The molecule has 2 heterocycles. The van der Waals surface area contributed by atoms with E-state index in [9.17, 15) is 13.2 Å². The third kappa shape index (κ3) is 3.07. The quantitative estimate of drug-likeness (QED) is 0.925. The Morgan fingerprint density at radius 3 is 2.64 bits per heavy atom. The molecule has 22 heavy (non-hydrogen) atoms. The number of amides is 1. The Kier molecular flexibility index (Phi) is 4.04. The summed E-state index contributed by atoms with van der Waals surface area (Å²) in [5.41, 5.74) is 0. The van der Waals surface area contributed by atoms with E-state index in [1.54, 1.807) is 17.5 Å². The number of nitrogens with one attached hydrogen (secondary N) is 1. The SMILES string of the molecule is O=C(NS(=O)(=O)c1ccc2c(c1)OCCCO2)c1cccs1. The lowest BCUT2D eigenvalue weighted by atomic mass is 10.3. The molecule has 3 rings (SSSR count). The zero-order valence-corrected chi connectivity index (χ0v) is 13.1. The van der Waals surface area contributed by atoms with Crippen LogP contribution in [0.25, 0.3) is 0 Å². The first-order valence-corrected chi connectivity index (χ1v) is 8.93. The highest BCUT2D eigenvalue weighted by atomic mass is 32.2. The standard InChI is InChI=1S/C14H13NO5S2/c16-14(13-3-1-8-21-13)15-22(17,18)10-4-5-11-12(9-10)20-7-2-6-19-11/h1,3-5,8-9H,2,6-7H2,(H,15,16). The Hall–Kier alpha value is -2.06. The molecule has 0 spiro atoms. The van der Waals surface area contributed by atoms with Crippen LogP contribution in [0.3, 0.4) is 0 Å². The molecule has 1 aromatic heterocycles. The first kappa shape index (κ1) is 14.9. The molecular formula is C14H13NO5S2. The summed E-state index contributed by atoms with van der Waals surface area (Å²) in [6, 6.07) is 7.52. The van der Waals surface area contributed by atoms with Crippen molar-refractivity contribution < 1.29 is 22.7 Å². The molecule has 6 nitrogen and oxygen atoms in total. The van der Waals surface area contributed by atoms with Gasteiger partial charge in [-0.1, -0.05) is 6.07 Å². The van der Waals surface area contributed by atoms with Crippen LogP contribution in [0.4, 0.5) is 0 Å². The van der Waals surface area contributed by atoms with Gasteiger partial charge in [-0.05, 0) is 23.6 Å². The number of hydrogen-bond donors (Lipinski definition) is 1. The molecule has 0 radical (unpaired) electrons. The van der Waals surface area contributed by atoms with Gasteiger partial charge in [0.25, 0.3) is 15.9 Å². The molecule has 0 unspecified atom stereocenters. The molecule has 1 N–H and O–H groups in total. The minimum absolute atomic E-state index is 0.0401. The Balaban J connectivity index is 1.86. The number of carbonyl (C=O) groups is 1. The monoisotopic (exact) mass is 339 g/mol. The number of fused-ring (bicyclic) bond motifs is 1. The van der Waals surface area contributed by atoms with Gasteiger partial charge in [-0.15, -0.1) is 11.3 Å². The van der Waals surface area contributed by atoms with Gasteiger partial charge in [-0.2, -0.15) is 0 Å². The van der Waals surface area contributed by atoms with Gasteiger partial charge in [-0.3, -0.25) is 4.79 Å². The fourth-order valence-electron chi connectivity index (χ4n) is 1.95. The van der Waals surface area contributed by atoms with Gasteiger partial charge >= 0.3 is 0 Å². The number of hydrogen-bond acceptors (Lipinski definition) is 6. The van der Waals surface area contributed by atoms with Crippen molar-refractivity contribution >= 4 is 27.3 Å². The highest BCUT2D eigenvalue weighted by Gasteiger charge is 2.22. The molecule has 1 amide bonds. The highest BCUT2D eigenvalue weighted by Crippen LogP contribution is 2.31. The Morgan fingerprint density at radius 2 is 1.91 bits per heavy atom. The maximum Gasteiger partial charge on any atom is 0.275 e. The van der Waals surface area contributed by atoms with Crippen molar-refractivity contribution in [1.29, 1.82) is 0 Å². The Morgan fingerprint density at radius 1 is 1.14 bits per heavy atom. The first-order chi connectivity index (χ1) is 10.6. The average Bonchev–Trinajstić information content (AvgIpc) is 2.92. The van der Waals surface area contributed by atoms with Crippen molar-refractivity contribution in [2.45, 2.75) is 11.3 Å². The maximum absolute atomic E-state index is 12.3. The summed E-state index contributed by atoms with van der Waals surface area (Å²) in [5, 5.41) is 1.70. The van der Waals surface area contributed by atoms with E-state index in [4.69, 9.17) is 9.47 Å². The second-order valence-electron chi connectivity index (χ2n) is 4.57. The summed E-state index contributed by atoms with van der Waals surface area (Å²) in [7, 11) is -3.96. The van der Waals surface area contributed by atoms with Crippen LogP contribution in [0.15, 0.2) is 40.6 Å². The summed E-state index contributed by atoms with van der Waals surface area (Å²) in [6.45, 7) is 0.978. The van der Waals surface area contributed by atoms with E-state index in [0.717, 1.165) is 6.42 Å². The molecular weight excluding hydrogens is 326 g/mol. The average molecular weight is 339 g/mol. The van der Waals surface area contributed by atoms with Crippen molar-refractivity contribution in [1.82, 2.24) is 4.72 Å². The topological polar surface area (TPSA) is 81.7 Å². The van der Waals surface area contributed by atoms with Gasteiger partial charge in [0, 0.05) is 12.5 Å². The smallest absolute Gasteiger partial charge is 0.275 e. The van der Waals surface area contributed by atoms with Crippen molar-refractivity contribution in [2.75, 3.05) is 13.2 Å². The predicted octanol–water partition coefficient (Wildman–Crippen LogP) is 2.03. The van der Waals surface area contributed by atoms with Crippen LogP contribution in [0.2, 0.25) is 0 Å². The largest absolute Gasteiger partial charge is 0.490 e. The van der Waals surface area contributed by atoms with Crippen molar-refractivity contribution in [2.24, 2.45) is 0 Å². The number of rotatable bonds is 3. The third-order valence-corrected chi connectivity index (χ3v) is 5.20. The number of benzene rings is 1. The van der Waals surface area contributed by atoms with Gasteiger partial charge in [0.15, 0.2) is 11.5 Å². The summed E-state index contributed by atoms with van der Waals surface area (Å²) < 4.78 is 37.5. The minimum atomic E-state index is -3.96. The molecule has 8 heteroatoms. The van der Waals surface area contributed by atoms with Crippen molar-refractivity contribution in [3.8, 4) is 11.5 Å². The van der Waals surface area contributed by atoms with E-state index in [-0.39, 0.29) is 4.90 Å². The number of carbonyl (C=O) groups excluding carboxylic acids is 1. The molecule has 0 fully saturated rings. The van der Waals surface area contributed by atoms with Crippen LogP contribution in [-0.4, -0.2) is 27.5 Å². The Bertz CT molecular complexity index is 784. The molecule has 1 aliphatic heterocycles. The zero-order chi connectivity index (χ0) is 15.6. The van der Waals surface area contributed by atoms with Crippen LogP contribution < -0.4 is 14.2 Å². The second-order valence-corrected chi connectivity index (χ2v) is 7.20. The lowest BCUT2D eigenvalue weighted by Crippen LogP contribution is -2.30. The van der Waals surface area contributed by atoms with Crippen LogP contribution >= 0.6 is 11.3 Å². The fourth-order valence-corrected chi connectivity index (χ4v) is 3.61. The number of ether oxygens (including phenoxy) is 2. The van der Waals surface area contributed by atoms with E-state index >= 15 is 0 Å². The molecule has 0 atom stereocenters. The van der Waals surface area contributed by atoms with Gasteiger partial charge in [0.05, 0.1) is 23.0 Å². The van der Waals surface area contributed by atoms with Crippen molar-refractivity contribution in [3.63, 3.8) is 0 Å². The first-order valence-electron chi connectivity index (χ1n) is 6.56. The normalized spacial score (nSPS) is 14.2. The molecule has 0 saturated carbocycles. The van der Waals surface area contributed by atoms with Gasteiger partial charge < -0.3 is 9.47 Å². The van der Waals surface area contributed by atoms with Crippen LogP contribution in [-0.2, 0) is 10.0 Å². The van der Waals surface area contributed by atoms with E-state index in [1.807, 2.05) is 4.72 Å². The zero-order valence-electron chi connectivity index (χ0n) is 11.4. The second kappa shape index (κ2) is 5.98. The minimum Gasteiger partial charge on any atom is -0.490 e. The van der Waals surface area contributed by atoms with Crippen molar-refractivity contribution in [3.05, 3.63) is 40.6 Å². The lowest BCUT2D eigenvalue weighted by molar-refractivity contribution is 0.0985. The molecule has 1 aliphatic rings. The van der Waals surface area contributed by atoms with E-state index in [1.165, 1.54) is 29.5 Å². The van der Waals surface area contributed by atoms with Gasteiger partial charge in [0.1, 0.15) is 0 Å². The summed E-state index contributed by atoms with van der Waals surface area (Å²) in [5.74, 6) is 0.215. The third-order valence-electron chi connectivity index (χ3n) is 3.00. The van der Waals surface area contributed by atoms with Crippen LogP contribution in [0.5, 0.6) is 11.5 Å². The Labute approximate surface area is 131 Å². The van der Waals surface area contributed by atoms with Crippen LogP contribution in [0, 0.1) is 0 Å². The molecule has 116 valence electrons. The molecule has 0 saturated heterocycles. The van der Waals surface area contributed by atoms with E-state index in [2.05, 4.69) is 0 Å². The predicted molar refractivity (Wildman–Crippen MR) is 81.0 cm³/mol. The van der Waals surface area contributed by atoms with Crippen LogP contribution in [0.1, 0.15) is 16.1 Å². The molecule has 0 aliphatic carbocycles. The highest BCUT2D eigenvalue weighted by molar-refractivity contribution is 7.90. The molecule has 2 aromatic rings. The molecule has 0 bridgehead atoms. The fraction of sp³-hybridized carbons (Fsp3) is 0.214. The summed E-state index contributed by atoms with van der Waals surface area (Å²) in [6.07, 6.45) is 0.728. The summed E-state index contributed by atoms with van der Waals surface area (Å²) in [4.78, 5) is 12.2. The van der Waals surface area contributed by atoms with Gasteiger partial charge in [0.2, 0.25) is 0 Å². The number of thiophene rings is 1. The number of sulfonamides is 1. The van der Waals surface area contributed by atoms with E-state index < -0.39 is 15.9 Å². The summed E-state index contributed by atoms with van der Waals surface area (Å²) >= 11 is 1.17. The van der Waals surface area contributed by atoms with Gasteiger partial charge in [-0.25, -0.2) is 13.1 Å². The van der Waals surface area contributed by atoms with E-state index in [0.29, 0.717) is 29.6 Å². The maximum atomic E-state index is 12.3. The lowest BCUT2D eigenvalue weighted by Gasteiger charge is -2.10. The molecule has 1 aromatic carbocycles.